The first kappa shape index (κ1) is 35.6. The van der Waals surface area contributed by atoms with Crippen LogP contribution in [-0.4, -0.2) is 62.0 Å². The summed E-state index contributed by atoms with van der Waals surface area (Å²) in [6, 6.07) is 18.4. The SMILES string of the molecule is CCN(Cc1cc(C)c(OCc2cccc(C)c2)c(C)c1)C(=O)c1ccc(C)cc1-n1cc(CC2CCN(C(=O)OC(C)(C)C)CC2)nn1. The van der Waals surface area contributed by atoms with Crippen LogP contribution in [0.1, 0.15) is 90.0 Å². The summed E-state index contributed by atoms with van der Waals surface area (Å²) < 4.78 is 13.5. The van der Waals surface area contributed by atoms with Crippen LogP contribution in [0, 0.1) is 33.6 Å². The molecule has 2 heterocycles. The van der Waals surface area contributed by atoms with Gasteiger partial charge in [0, 0.05) is 26.2 Å². The molecule has 1 aliphatic heterocycles. The molecule has 0 N–H and O–H groups in total. The molecule has 0 saturated carbocycles. The Morgan fingerprint density at radius 1 is 0.918 bits per heavy atom. The molecular formula is C40H51N5O4. The lowest BCUT2D eigenvalue weighted by Crippen LogP contribution is -2.42. The summed E-state index contributed by atoms with van der Waals surface area (Å²) >= 11 is 0. The number of benzene rings is 3. The van der Waals surface area contributed by atoms with Gasteiger partial charge in [-0.05, 0) is 121 Å². The van der Waals surface area contributed by atoms with E-state index in [-0.39, 0.29) is 12.0 Å². The van der Waals surface area contributed by atoms with Gasteiger partial charge >= 0.3 is 6.09 Å². The summed E-state index contributed by atoms with van der Waals surface area (Å²) in [6.45, 7) is 18.8. The van der Waals surface area contributed by atoms with Crippen molar-refractivity contribution in [1.82, 2.24) is 24.8 Å². The Labute approximate surface area is 291 Å². The van der Waals surface area contributed by atoms with Crippen LogP contribution >= 0.6 is 0 Å². The molecule has 2 amide bonds. The van der Waals surface area contributed by atoms with E-state index in [1.807, 2.05) is 63.9 Å². The van der Waals surface area contributed by atoms with Crippen LogP contribution < -0.4 is 4.74 Å². The number of likely N-dealkylation sites (tertiary alicyclic amines) is 1. The van der Waals surface area contributed by atoms with E-state index >= 15 is 0 Å². The van der Waals surface area contributed by atoms with Crippen LogP contribution in [-0.2, 0) is 24.3 Å². The first-order valence-electron chi connectivity index (χ1n) is 17.4. The second-order valence-corrected chi connectivity index (χ2v) is 14.4. The molecule has 9 nitrogen and oxygen atoms in total. The molecule has 0 radical (unpaired) electrons. The number of carbonyl (C=O) groups is 2. The lowest BCUT2D eigenvalue weighted by molar-refractivity contribution is 0.0184. The topological polar surface area (TPSA) is 89.8 Å². The lowest BCUT2D eigenvalue weighted by Gasteiger charge is -2.33. The van der Waals surface area contributed by atoms with E-state index in [0.29, 0.717) is 50.0 Å². The normalized spacial score (nSPS) is 13.8. The highest BCUT2D eigenvalue weighted by atomic mass is 16.6. The largest absolute Gasteiger partial charge is 0.488 e. The number of aromatic nitrogens is 3. The van der Waals surface area contributed by atoms with Crippen molar-refractivity contribution < 1.29 is 19.1 Å². The molecule has 1 aromatic heterocycles. The monoisotopic (exact) mass is 665 g/mol. The van der Waals surface area contributed by atoms with Crippen molar-refractivity contribution in [3.8, 4) is 11.4 Å². The molecule has 0 aliphatic carbocycles. The van der Waals surface area contributed by atoms with Crippen molar-refractivity contribution in [3.05, 3.63) is 105 Å². The maximum Gasteiger partial charge on any atom is 0.410 e. The first-order chi connectivity index (χ1) is 23.3. The molecule has 0 bridgehead atoms. The molecule has 1 fully saturated rings. The van der Waals surface area contributed by atoms with Crippen molar-refractivity contribution >= 4 is 12.0 Å². The Balaban J connectivity index is 1.25. The van der Waals surface area contributed by atoms with Gasteiger partial charge in [-0.25, -0.2) is 9.48 Å². The van der Waals surface area contributed by atoms with Gasteiger partial charge in [0.25, 0.3) is 5.91 Å². The third-order valence-electron chi connectivity index (χ3n) is 8.96. The molecule has 5 rings (SSSR count). The number of nitrogens with zero attached hydrogens (tertiary/aromatic N) is 5. The fraction of sp³-hybridized carbons (Fsp3) is 0.450. The highest BCUT2D eigenvalue weighted by Crippen LogP contribution is 2.28. The molecule has 260 valence electrons. The Bertz CT molecular complexity index is 1760. The van der Waals surface area contributed by atoms with E-state index in [1.54, 1.807) is 9.58 Å². The van der Waals surface area contributed by atoms with Crippen molar-refractivity contribution in [2.24, 2.45) is 5.92 Å². The van der Waals surface area contributed by atoms with Gasteiger partial charge in [0.2, 0.25) is 0 Å². The van der Waals surface area contributed by atoms with Crippen LogP contribution in [0.2, 0.25) is 0 Å². The van der Waals surface area contributed by atoms with Gasteiger partial charge in [-0.15, -0.1) is 5.10 Å². The minimum atomic E-state index is -0.502. The van der Waals surface area contributed by atoms with E-state index in [0.717, 1.165) is 58.5 Å². The van der Waals surface area contributed by atoms with Gasteiger partial charge < -0.3 is 19.3 Å². The third kappa shape index (κ3) is 9.28. The standard InChI is InChI=1S/C40H51N5O4/c1-9-43(24-33-21-29(4)37(30(5)22-33)48-26-32-12-10-11-27(2)19-32)38(46)35-14-13-28(3)20-36(35)45-25-34(41-42-45)23-31-15-17-44(18-16-31)39(47)49-40(6,7)8/h10-14,19-22,25,31H,9,15-18,23-24,26H2,1-8H3. The molecule has 1 aliphatic rings. The molecule has 0 atom stereocenters. The molecule has 0 unspecified atom stereocenters. The molecule has 1 saturated heterocycles. The summed E-state index contributed by atoms with van der Waals surface area (Å²) in [5.74, 6) is 1.22. The molecule has 49 heavy (non-hydrogen) atoms. The number of aryl methyl sites for hydroxylation is 4. The zero-order valence-corrected chi connectivity index (χ0v) is 30.4. The Morgan fingerprint density at radius 2 is 1.61 bits per heavy atom. The van der Waals surface area contributed by atoms with Crippen molar-refractivity contribution in [2.75, 3.05) is 19.6 Å². The van der Waals surface area contributed by atoms with Gasteiger partial charge in [-0.1, -0.05) is 53.2 Å². The summed E-state index contributed by atoms with van der Waals surface area (Å²) in [6.07, 6.45) is 4.21. The predicted molar refractivity (Wildman–Crippen MR) is 192 cm³/mol. The zero-order valence-electron chi connectivity index (χ0n) is 30.4. The Hall–Kier alpha value is -4.66. The van der Waals surface area contributed by atoms with Crippen LogP contribution in [0.5, 0.6) is 5.75 Å². The average molecular weight is 666 g/mol. The summed E-state index contributed by atoms with van der Waals surface area (Å²) in [5, 5.41) is 8.95. The minimum absolute atomic E-state index is 0.0563. The minimum Gasteiger partial charge on any atom is -0.488 e. The first-order valence-corrected chi connectivity index (χ1v) is 17.4. The van der Waals surface area contributed by atoms with E-state index in [1.165, 1.54) is 5.56 Å². The number of hydrogen-bond acceptors (Lipinski definition) is 6. The van der Waals surface area contributed by atoms with E-state index in [2.05, 4.69) is 67.5 Å². The van der Waals surface area contributed by atoms with Crippen molar-refractivity contribution in [1.29, 1.82) is 0 Å². The van der Waals surface area contributed by atoms with Crippen LogP contribution in [0.15, 0.2) is 60.8 Å². The second kappa shape index (κ2) is 15.3. The number of piperidine rings is 1. The van der Waals surface area contributed by atoms with Gasteiger partial charge in [-0.3, -0.25) is 4.79 Å². The second-order valence-electron chi connectivity index (χ2n) is 14.4. The van der Waals surface area contributed by atoms with E-state index in [9.17, 15) is 9.59 Å². The smallest absolute Gasteiger partial charge is 0.410 e. The maximum atomic E-state index is 14.1. The quantitative estimate of drug-likeness (QED) is 0.171. The number of hydrogen-bond donors (Lipinski definition) is 0. The Morgan fingerprint density at radius 3 is 2.27 bits per heavy atom. The Kier molecular flexibility index (Phi) is 11.1. The fourth-order valence-corrected chi connectivity index (χ4v) is 6.50. The molecular weight excluding hydrogens is 614 g/mol. The number of amides is 2. The average Bonchev–Trinajstić information content (AvgIpc) is 3.51. The molecule has 0 spiro atoms. The molecule has 9 heteroatoms. The highest BCUT2D eigenvalue weighted by molar-refractivity contribution is 5.97. The van der Waals surface area contributed by atoms with Crippen molar-refractivity contribution in [2.45, 2.75) is 93.4 Å². The van der Waals surface area contributed by atoms with Crippen LogP contribution in [0.4, 0.5) is 4.79 Å². The lowest BCUT2D eigenvalue weighted by atomic mass is 9.92. The zero-order chi connectivity index (χ0) is 35.3. The third-order valence-corrected chi connectivity index (χ3v) is 8.96. The van der Waals surface area contributed by atoms with Gasteiger partial charge in [0.05, 0.1) is 23.1 Å². The number of rotatable bonds is 10. The van der Waals surface area contributed by atoms with Gasteiger partial charge in [-0.2, -0.15) is 0 Å². The summed E-state index contributed by atoms with van der Waals surface area (Å²) in [4.78, 5) is 30.2. The van der Waals surface area contributed by atoms with Gasteiger partial charge in [0.15, 0.2) is 0 Å². The van der Waals surface area contributed by atoms with Crippen molar-refractivity contribution in [3.63, 3.8) is 0 Å². The van der Waals surface area contributed by atoms with Crippen LogP contribution in [0.25, 0.3) is 5.69 Å². The summed E-state index contributed by atoms with van der Waals surface area (Å²) in [5.41, 5.74) is 8.22. The van der Waals surface area contributed by atoms with E-state index < -0.39 is 5.60 Å². The molecule has 3 aromatic carbocycles. The fourth-order valence-electron chi connectivity index (χ4n) is 6.50. The van der Waals surface area contributed by atoms with Gasteiger partial charge in [0.1, 0.15) is 18.0 Å². The number of carbonyl (C=O) groups excluding carboxylic acids is 2. The number of ether oxygens (including phenoxy) is 2. The highest BCUT2D eigenvalue weighted by Gasteiger charge is 2.28. The molecule has 4 aromatic rings. The van der Waals surface area contributed by atoms with E-state index in [4.69, 9.17) is 9.47 Å². The maximum absolute atomic E-state index is 14.1. The predicted octanol–water partition coefficient (Wildman–Crippen LogP) is 7.93. The van der Waals surface area contributed by atoms with Crippen LogP contribution in [0.3, 0.4) is 0 Å². The summed E-state index contributed by atoms with van der Waals surface area (Å²) in [7, 11) is 0.